The number of aromatic amines is 1. The summed E-state index contributed by atoms with van der Waals surface area (Å²) in [6.45, 7) is 12.1. The zero-order valence-electron chi connectivity index (χ0n) is 23.7. The maximum atomic E-state index is 13.0. The van der Waals surface area contributed by atoms with E-state index < -0.39 is 0 Å². The minimum atomic E-state index is -0.177. The van der Waals surface area contributed by atoms with Gasteiger partial charge in [0, 0.05) is 90.6 Å². The molecule has 1 saturated heterocycles. The summed E-state index contributed by atoms with van der Waals surface area (Å²) in [6, 6.07) is 8.08. The van der Waals surface area contributed by atoms with Gasteiger partial charge in [-0.1, -0.05) is 44.7 Å². The van der Waals surface area contributed by atoms with Gasteiger partial charge >= 0.3 is 0 Å². The van der Waals surface area contributed by atoms with Gasteiger partial charge in [0.05, 0.1) is 0 Å². The number of allylic oxidation sites excluding steroid dienone is 4. The molecular weight excluding hydrogens is 484 g/mol. The lowest BCUT2D eigenvalue weighted by Gasteiger charge is -2.32. The SMILES string of the molecule is C=C/C(=C\N(C)C)c1c[nH]c(-c2cccc(NC3=CC(C(=O)NCCN4CCCC4)=CCC3(C)C)c2C=N)c1. The average Bonchev–Trinajstić information content (AvgIpc) is 3.61. The van der Waals surface area contributed by atoms with Gasteiger partial charge in [-0.2, -0.15) is 0 Å². The summed E-state index contributed by atoms with van der Waals surface area (Å²) in [5.74, 6) is -0.0345. The largest absolute Gasteiger partial charge is 0.383 e. The first-order chi connectivity index (χ1) is 18.7. The van der Waals surface area contributed by atoms with Crippen LogP contribution in [0.2, 0.25) is 0 Å². The minimum absolute atomic E-state index is 0.0345. The van der Waals surface area contributed by atoms with E-state index in [-0.39, 0.29) is 11.3 Å². The summed E-state index contributed by atoms with van der Waals surface area (Å²) < 4.78 is 0. The Balaban J connectivity index is 1.55. The van der Waals surface area contributed by atoms with E-state index in [9.17, 15) is 4.79 Å². The number of carbonyl (C=O) groups is 1. The summed E-state index contributed by atoms with van der Waals surface area (Å²) in [4.78, 5) is 20.7. The highest BCUT2D eigenvalue weighted by Gasteiger charge is 2.28. The third-order valence-corrected chi connectivity index (χ3v) is 7.48. The molecule has 1 aliphatic heterocycles. The number of nitrogens with one attached hydrogen (secondary N) is 4. The highest BCUT2D eigenvalue weighted by Crippen LogP contribution is 2.38. The van der Waals surface area contributed by atoms with Crippen LogP contribution in [0.25, 0.3) is 16.8 Å². The molecule has 7 heteroatoms. The van der Waals surface area contributed by atoms with Crippen molar-refractivity contribution < 1.29 is 4.79 Å². The van der Waals surface area contributed by atoms with Crippen LogP contribution in [0.5, 0.6) is 0 Å². The van der Waals surface area contributed by atoms with Crippen LogP contribution in [0.3, 0.4) is 0 Å². The van der Waals surface area contributed by atoms with Crippen molar-refractivity contribution in [2.45, 2.75) is 33.1 Å². The zero-order valence-corrected chi connectivity index (χ0v) is 23.7. The molecule has 39 heavy (non-hydrogen) atoms. The summed E-state index contributed by atoms with van der Waals surface area (Å²) in [5, 5.41) is 14.9. The number of H-pyrrole nitrogens is 1. The number of likely N-dealkylation sites (tertiary alicyclic amines) is 1. The molecule has 0 unspecified atom stereocenters. The number of amides is 1. The molecule has 2 aromatic rings. The van der Waals surface area contributed by atoms with Crippen LogP contribution in [0.1, 0.15) is 44.2 Å². The molecule has 1 amide bonds. The van der Waals surface area contributed by atoms with Crippen molar-refractivity contribution in [2.75, 3.05) is 45.6 Å². The number of aromatic nitrogens is 1. The molecule has 0 atom stereocenters. The van der Waals surface area contributed by atoms with E-state index in [0.717, 1.165) is 65.4 Å². The third-order valence-electron chi connectivity index (χ3n) is 7.48. The monoisotopic (exact) mass is 526 g/mol. The second-order valence-corrected chi connectivity index (χ2v) is 11.2. The van der Waals surface area contributed by atoms with Gasteiger partial charge < -0.3 is 30.8 Å². The average molecular weight is 527 g/mol. The van der Waals surface area contributed by atoms with Gasteiger partial charge in [0.15, 0.2) is 0 Å². The number of hydrogen-bond donors (Lipinski definition) is 4. The van der Waals surface area contributed by atoms with E-state index in [2.05, 4.69) is 47.0 Å². The number of nitrogens with zero attached hydrogens (tertiary/aromatic N) is 2. The van der Waals surface area contributed by atoms with Crippen LogP contribution in [-0.2, 0) is 4.79 Å². The minimum Gasteiger partial charge on any atom is -0.383 e. The number of rotatable bonds is 11. The van der Waals surface area contributed by atoms with Crippen LogP contribution in [-0.4, -0.2) is 67.2 Å². The van der Waals surface area contributed by atoms with Gasteiger partial charge in [-0.05, 0) is 56.1 Å². The number of carbonyl (C=O) groups excluding carboxylic acids is 1. The Morgan fingerprint density at radius 3 is 2.72 bits per heavy atom. The summed E-state index contributed by atoms with van der Waals surface area (Å²) in [6.07, 6.45) is 14.5. The molecule has 0 spiro atoms. The molecule has 1 aromatic carbocycles. The molecule has 0 bridgehead atoms. The van der Waals surface area contributed by atoms with Crippen LogP contribution >= 0.6 is 0 Å². The first-order valence-corrected chi connectivity index (χ1v) is 13.7. The standard InChI is InChI=1S/C32H42N6O/c1-6-23(22-37(4)5)25-18-29(35-21-25)26-10-9-11-28(27(26)20-33)36-30-19-24(12-13-32(30,2)3)31(39)34-14-17-38-15-7-8-16-38/h6,9-12,18-22,33,35-36H,1,7-8,13-17H2,2-5H3,(H,34,39)/b23-22+,33-20?. The maximum Gasteiger partial charge on any atom is 0.251 e. The molecule has 4 rings (SSSR count). The summed E-state index contributed by atoms with van der Waals surface area (Å²) >= 11 is 0. The van der Waals surface area contributed by atoms with E-state index in [1.54, 1.807) is 0 Å². The maximum absolute atomic E-state index is 13.0. The molecule has 0 radical (unpaired) electrons. The van der Waals surface area contributed by atoms with E-state index in [1.807, 2.05) is 67.8 Å². The molecule has 0 saturated carbocycles. The number of benzene rings is 1. The molecular formula is C32H42N6O. The quantitative estimate of drug-likeness (QED) is 0.226. The lowest BCUT2D eigenvalue weighted by molar-refractivity contribution is -0.117. The number of anilines is 1. The van der Waals surface area contributed by atoms with E-state index in [4.69, 9.17) is 5.41 Å². The predicted molar refractivity (Wildman–Crippen MR) is 163 cm³/mol. The van der Waals surface area contributed by atoms with Gasteiger partial charge in [0.25, 0.3) is 5.91 Å². The molecule has 7 nitrogen and oxygen atoms in total. The third kappa shape index (κ3) is 6.79. The number of hydrogen-bond acceptors (Lipinski definition) is 5. The summed E-state index contributed by atoms with van der Waals surface area (Å²) in [7, 11) is 3.97. The lowest BCUT2D eigenvalue weighted by atomic mass is 9.80. The Hall–Kier alpha value is -3.84. The molecule has 1 aromatic heterocycles. The van der Waals surface area contributed by atoms with E-state index in [1.165, 1.54) is 19.1 Å². The van der Waals surface area contributed by atoms with Gasteiger partial charge in [-0.15, -0.1) is 0 Å². The molecule has 2 aliphatic rings. The smallest absolute Gasteiger partial charge is 0.251 e. The predicted octanol–water partition coefficient (Wildman–Crippen LogP) is 5.63. The van der Waals surface area contributed by atoms with Crippen molar-refractivity contribution in [1.82, 2.24) is 20.1 Å². The van der Waals surface area contributed by atoms with Crippen LogP contribution in [0, 0.1) is 10.8 Å². The van der Waals surface area contributed by atoms with Gasteiger partial charge in [0.1, 0.15) is 0 Å². The van der Waals surface area contributed by atoms with Crippen molar-refractivity contribution in [2.24, 2.45) is 5.41 Å². The first-order valence-electron chi connectivity index (χ1n) is 13.7. The van der Waals surface area contributed by atoms with Gasteiger partial charge in [-0.3, -0.25) is 4.79 Å². The Morgan fingerprint density at radius 2 is 2.03 bits per heavy atom. The van der Waals surface area contributed by atoms with Crippen molar-refractivity contribution in [3.05, 3.63) is 83.9 Å². The van der Waals surface area contributed by atoms with Crippen molar-refractivity contribution in [1.29, 1.82) is 5.41 Å². The first kappa shape index (κ1) is 28.2. The Morgan fingerprint density at radius 1 is 1.26 bits per heavy atom. The van der Waals surface area contributed by atoms with E-state index in [0.29, 0.717) is 12.1 Å². The second-order valence-electron chi connectivity index (χ2n) is 11.2. The fourth-order valence-electron chi connectivity index (χ4n) is 5.13. The molecule has 206 valence electrons. The summed E-state index contributed by atoms with van der Waals surface area (Å²) in [5.41, 5.74) is 6.99. The molecule has 4 N–H and O–H groups in total. The van der Waals surface area contributed by atoms with Crippen LogP contribution in [0.15, 0.2) is 72.7 Å². The second kappa shape index (κ2) is 12.3. The van der Waals surface area contributed by atoms with Gasteiger partial charge in [-0.25, -0.2) is 0 Å². The Kier molecular flexibility index (Phi) is 8.92. The highest BCUT2D eigenvalue weighted by molar-refractivity contribution is 5.98. The van der Waals surface area contributed by atoms with Crippen LogP contribution < -0.4 is 10.6 Å². The van der Waals surface area contributed by atoms with Crippen LogP contribution in [0.4, 0.5) is 5.69 Å². The molecule has 1 fully saturated rings. The Bertz CT molecular complexity index is 1300. The fourth-order valence-corrected chi connectivity index (χ4v) is 5.13. The fraction of sp³-hybridized carbons (Fsp3) is 0.375. The van der Waals surface area contributed by atoms with Crippen molar-refractivity contribution >= 4 is 23.4 Å². The zero-order chi connectivity index (χ0) is 28.0. The van der Waals surface area contributed by atoms with E-state index >= 15 is 0 Å². The lowest BCUT2D eigenvalue weighted by Crippen LogP contribution is -2.35. The van der Waals surface area contributed by atoms with Crippen molar-refractivity contribution in [3.63, 3.8) is 0 Å². The van der Waals surface area contributed by atoms with Crippen molar-refractivity contribution in [3.8, 4) is 11.3 Å². The highest BCUT2D eigenvalue weighted by atomic mass is 16.1. The normalized spacial score (nSPS) is 17.3. The molecule has 1 aliphatic carbocycles. The van der Waals surface area contributed by atoms with Gasteiger partial charge in [0.2, 0.25) is 0 Å². The Labute approximate surface area is 232 Å². The molecule has 2 heterocycles. The topological polar surface area (TPSA) is 87.2 Å².